The smallest absolute Gasteiger partial charge is 0.322 e. The van der Waals surface area contributed by atoms with Crippen molar-refractivity contribution in [3.8, 4) is 0 Å². The average Bonchev–Trinajstić information content (AvgIpc) is 2.11. The lowest BCUT2D eigenvalue weighted by Gasteiger charge is -2.32. The molecular weight excluding hydrogens is 243 g/mol. The van der Waals surface area contributed by atoms with Crippen LogP contribution in [0.4, 0.5) is 30.7 Å². The molecule has 2 N–H and O–H groups in total. The zero-order valence-corrected chi connectivity index (χ0v) is 8.00. The molecule has 0 aromatic rings. The zero-order valence-electron chi connectivity index (χ0n) is 8.00. The van der Waals surface area contributed by atoms with Gasteiger partial charge in [0.05, 0.1) is 6.04 Å². The first-order chi connectivity index (χ1) is 6.98. The number of hydrogen-bond acceptors (Lipinski definition) is 1. The fourth-order valence-corrected chi connectivity index (χ4v) is 0.901. The van der Waals surface area contributed by atoms with E-state index in [2.05, 4.69) is 12.3 Å². The summed E-state index contributed by atoms with van der Waals surface area (Å²) < 4.78 is 85.5. The highest BCUT2D eigenvalue weighted by Crippen LogP contribution is 2.48. The van der Waals surface area contributed by atoms with Crippen molar-refractivity contribution in [3.05, 3.63) is 12.7 Å². The van der Waals surface area contributed by atoms with Crippen molar-refractivity contribution in [3.63, 3.8) is 0 Å². The van der Waals surface area contributed by atoms with Crippen molar-refractivity contribution < 1.29 is 30.7 Å². The molecule has 0 fully saturated rings. The largest absolute Gasteiger partial charge is 0.459 e. The minimum atomic E-state index is -6.33. The fourth-order valence-electron chi connectivity index (χ4n) is 0.901. The van der Waals surface area contributed by atoms with Crippen LogP contribution in [-0.2, 0) is 0 Å². The molecule has 0 spiro atoms. The van der Waals surface area contributed by atoms with E-state index in [1.54, 1.807) is 0 Å². The van der Waals surface area contributed by atoms with Gasteiger partial charge >= 0.3 is 18.0 Å². The summed E-state index contributed by atoms with van der Waals surface area (Å²) in [5.74, 6) is -11.5. The van der Waals surface area contributed by atoms with Crippen molar-refractivity contribution in [2.75, 3.05) is 0 Å². The van der Waals surface area contributed by atoms with E-state index in [4.69, 9.17) is 0 Å². The van der Waals surface area contributed by atoms with E-state index < -0.39 is 30.5 Å². The summed E-state index contributed by atoms with van der Waals surface area (Å²) in [5, 5.41) is 0. The molecule has 0 rings (SSSR count). The molecule has 0 saturated carbocycles. The molecule has 0 bridgehead atoms. The Balaban J connectivity index is 4.95. The third-order valence-corrected chi connectivity index (χ3v) is 1.92. The Labute approximate surface area is 87.1 Å². The standard InChI is InChI=1S/C8H10F7N/c1-2-3-4-5(16)6(9,10)7(11,12)8(13,14)15/h2,5H,1,3-4,16H2/t5-/m1/s1. The second kappa shape index (κ2) is 4.60. The van der Waals surface area contributed by atoms with E-state index in [0.29, 0.717) is 0 Å². The Kier molecular flexibility index (Phi) is 4.38. The van der Waals surface area contributed by atoms with Crippen molar-refractivity contribution in [2.24, 2.45) is 5.73 Å². The second-order valence-electron chi connectivity index (χ2n) is 3.17. The molecule has 0 saturated heterocycles. The van der Waals surface area contributed by atoms with Crippen LogP contribution in [-0.4, -0.2) is 24.1 Å². The first-order valence-corrected chi connectivity index (χ1v) is 4.17. The molecule has 8 heteroatoms. The summed E-state index contributed by atoms with van der Waals surface area (Å²) in [4.78, 5) is 0. The van der Waals surface area contributed by atoms with Gasteiger partial charge < -0.3 is 5.73 Å². The van der Waals surface area contributed by atoms with Crippen LogP contribution in [0.3, 0.4) is 0 Å². The number of alkyl halides is 7. The van der Waals surface area contributed by atoms with Gasteiger partial charge in [-0.2, -0.15) is 30.7 Å². The minimum absolute atomic E-state index is 0.176. The van der Waals surface area contributed by atoms with Gasteiger partial charge in [0.1, 0.15) is 0 Å². The molecule has 1 nitrogen and oxygen atoms in total. The van der Waals surface area contributed by atoms with Crippen molar-refractivity contribution >= 4 is 0 Å². The lowest BCUT2D eigenvalue weighted by atomic mass is 9.99. The topological polar surface area (TPSA) is 26.0 Å². The van der Waals surface area contributed by atoms with Crippen LogP contribution in [0.15, 0.2) is 12.7 Å². The normalized spacial score (nSPS) is 16.0. The highest BCUT2D eigenvalue weighted by atomic mass is 19.4. The van der Waals surface area contributed by atoms with Gasteiger partial charge in [0.2, 0.25) is 0 Å². The molecule has 96 valence electrons. The maximum Gasteiger partial charge on any atom is 0.459 e. The molecule has 0 heterocycles. The molecule has 1 atom stereocenters. The van der Waals surface area contributed by atoms with Crippen molar-refractivity contribution in [1.82, 2.24) is 0 Å². The molecule has 0 aromatic heterocycles. The first kappa shape index (κ1) is 15.2. The van der Waals surface area contributed by atoms with Crippen LogP contribution in [0, 0.1) is 0 Å². The van der Waals surface area contributed by atoms with Gasteiger partial charge in [-0.3, -0.25) is 0 Å². The van der Waals surface area contributed by atoms with Crippen LogP contribution in [0.5, 0.6) is 0 Å². The highest BCUT2D eigenvalue weighted by molar-refractivity contribution is 4.98. The Hall–Kier alpha value is -0.790. The second-order valence-corrected chi connectivity index (χ2v) is 3.17. The van der Waals surface area contributed by atoms with E-state index in [-0.39, 0.29) is 6.42 Å². The van der Waals surface area contributed by atoms with Crippen LogP contribution >= 0.6 is 0 Å². The Bertz CT molecular complexity index is 245. The van der Waals surface area contributed by atoms with Crippen molar-refractivity contribution in [2.45, 2.75) is 36.9 Å². The monoisotopic (exact) mass is 253 g/mol. The van der Waals surface area contributed by atoms with Gasteiger partial charge in [-0.1, -0.05) is 6.08 Å². The average molecular weight is 253 g/mol. The predicted octanol–water partition coefficient (Wildman–Crippen LogP) is 3.11. The summed E-state index contributed by atoms with van der Waals surface area (Å²) >= 11 is 0. The lowest BCUT2D eigenvalue weighted by molar-refractivity contribution is -0.358. The number of nitrogens with two attached hydrogens (primary N) is 1. The maximum absolute atomic E-state index is 12.8. The van der Waals surface area contributed by atoms with Gasteiger partial charge in [0.25, 0.3) is 0 Å². The summed E-state index contributed by atoms with van der Waals surface area (Å²) in [6.45, 7) is 3.12. The molecule has 0 aliphatic heterocycles. The molecule has 0 aliphatic rings. The van der Waals surface area contributed by atoms with Crippen LogP contribution in [0.2, 0.25) is 0 Å². The molecule has 0 radical (unpaired) electrons. The van der Waals surface area contributed by atoms with E-state index >= 15 is 0 Å². The van der Waals surface area contributed by atoms with Gasteiger partial charge in [0.15, 0.2) is 0 Å². The quantitative estimate of drug-likeness (QED) is 0.591. The molecule has 16 heavy (non-hydrogen) atoms. The number of rotatable bonds is 5. The first-order valence-electron chi connectivity index (χ1n) is 4.17. The van der Waals surface area contributed by atoms with Crippen LogP contribution in [0.1, 0.15) is 12.8 Å². The molecule has 0 amide bonds. The van der Waals surface area contributed by atoms with Crippen LogP contribution < -0.4 is 5.73 Å². The summed E-state index contributed by atoms with van der Waals surface area (Å²) in [7, 11) is 0. The van der Waals surface area contributed by atoms with E-state index in [1.165, 1.54) is 0 Å². The van der Waals surface area contributed by atoms with Gasteiger partial charge in [-0.05, 0) is 12.8 Å². The Morgan fingerprint density at radius 2 is 1.50 bits per heavy atom. The van der Waals surface area contributed by atoms with E-state index in [9.17, 15) is 30.7 Å². The molecule has 0 unspecified atom stereocenters. The van der Waals surface area contributed by atoms with Gasteiger partial charge in [-0.15, -0.1) is 6.58 Å². The summed E-state index contributed by atoms with van der Waals surface area (Å²) in [6, 6.07) is -2.58. The molecular formula is C8H10F7N. The van der Waals surface area contributed by atoms with Gasteiger partial charge in [-0.25, -0.2) is 0 Å². The van der Waals surface area contributed by atoms with Crippen LogP contribution in [0.25, 0.3) is 0 Å². The number of halogens is 7. The van der Waals surface area contributed by atoms with E-state index in [0.717, 1.165) is 6.08 Å². The molecule has 0 aliphatic carbocycles. The minimum Gasteiger partial charge on any atom is -0.322 e. The third kappa shape index (κ3) is 2.66. The fraction of sp³-hybridized carbons (Fsp3) is 0.750. The van der Waals surface area contributed by atoms with Gasteiger partial charge in [0, 0.05) is 0 Å². The van der Waals surface area contributed by atoms with Crippen molar-refractivity contribution in [1.29, 1.82) is 0 Å². The SMILES string of the molecule is C=CCC[C@@H](N)C(F)(F)C(F)(F)C(F)(F)F. The highest BCUT2D eigenvalue weighted by Gasteiger charge is 2.74. The predicted molar refractivity (Wildman–Crippen MR) is 43.4 cm³/mol. The third-order valence-electron chi connectivity index (χ3n) is 1.92. The maximum atomic E-state index is 12.8. The molecule has 0 aromatic carbocycles. The summed E-state index contributed by atoms with van der Waals surface area (Å²) in [6.07, 6.45) is -6.11. The number of allylic oxidation sites excluding steroid dienone is 1. The number of hydrogen-bond donors (Lipinski definition) is 1. The lowest BCUT2D eigenvalue weighted by Crippen LogP contribution is -2.60. The summed E-state index contributed by atoms with van der Waals surface area (Å²) in [5.41, 5.74) is 4.64. The van der Waals surface area contributed by atoms with E-state index in [1.807, 2.05) is 0 Å². The Morgan fingerprint density at radius 1 is 1.06 bits per heavy atom. The Morgan fingerprint density at radius 3 is 1.81 bits per heavy atom. The zero-order chi connectivity index (χ0) is 13.2.